The van der Waals surface area contributed by atoms with Gasteiger partial charge in [0, 0.05) is 27.4 Å². The van der Waals surface area contributed by atoms with Gasteiger partial charge in [0.05, 0.1) is 7.11 Å². The first kappa shape index (κ1) is 14.8. The number of hydrogen-bond acceptors (Lipinski definition) is 3. The zero-order valence-electron chi connectivity index (χ0n) is 11.9. The molecule has 0 heterocycles. The van der Waals surface area contributed by atoms with Gasteiger partial charge in [-0.15, -0.1) is 0 Å². The van der Waals surface area contributed by atoms with Crippen LogP contribution in [0.1, 0.15) is 18.4 Å². The molecule has 2 aromatic carbocycles. The summed E-state index contributed by atoms with van der Waals surface area (Å²) >= 11 is 8.08. The topological polar surface area (TPSA) is 21.3 Å². The Labute approximate surface area is 134 Å². The highest BCUT2D eigenvalue weighted by atomic mass is 35.5. The Balaban J connectivity index is 1.65. The highest BCUT2D eigenvalue weighted by Gasteiger charge is 2.20. The zero-order valence-corrected chi connectivity index (χ0v) is 13.5. The first-order valence-electron chi connectivity index (χ1n) is 7.08. The summed E-state index contributed by atoms with van der Waals surface area (Å²) in [6.07, 6.45) is 2.59. The van der Waals surface area contributed by atoms with Crippen LogP contribution in [0.2, 0.25) is 5.02 Å². The Bertz CT molecular complexity index is 611. The van der Waals surface area contributed by atoms with Crippen molar-refractivity contribution in [2.24, 2.45) is 0 Å². The minimum Gasteiger partial charge on any atom is -0.497 e. The standard InChI is InChI=1S/C17H18ClNOS/c1-20-14-5-8-15(9-6-14)21-16-7-2-12(17(18)10-16)11-19-13-3-4-13/h2,5-10,13,19H,3-4,11H2,1H3. The Morgan fingerprint density at radius 2 is 1.86 bits per heavy atom. The number of hydrogen-bond donors (Lipinski definition) is 1. The molecule has 1 saturated carbocycles. The van der Waals surface area contributed by atoms with Gasteiger partial charge in [-0.2, -0.15) is 0 Å². The van der Waals surface area contributed by atoms with Crippen LogP contribution in [0.4, 0.5) is 0 Å². The van der Waals surface area contributed by atoms with Gasteiger partial charge < -0.3 is 10.1 Å². The summed E-state index contributed by atoms with van der Waals surface area (Å²) in [4.78, 5) is 2.33. The van der Waals surface area contributed by atoms with Crippen molar-refractivity contribution >= 4 is 23.4 Å². The summed E-state index contributed by atoms with van der Waals surface area (Å²) in [7, 11) is 1.68. The number of ether oxygens (including phenoxy) is 1. The van der Waals surface area contributed by atoms with E-state index in [2.05, 4.69) is 29.6 Å². The lowest BCUT2D eigenvalue weighted by atomic mass is 10.2. The fourth-order valence-electron chi connectivity index (χ4n) is 2.06. The van der Waals surface area contributed by atoms with E-state index >= 15 is 0 Å². The molecule has 0 amide bonds. The van der Waals surface area contributed by atoms with Crippen LogP contribution in [0, 0.1) is 0 Å². The van der Waals surface area contributed by atoms with Crippen molar-refractivity contribution in [3.8, 4) is 5.75 Å². The van der Waals surface area contributed by atoms with Crippen LogP contribution < -0.4 is 10.1 Å². The second-order valence-electron chi connectivity index (χ2n) is 5.19. The van der Waals surface area contributed by atoms with Gasteiger partial charge in [-0.1, -0.05) is 29.4 Å². The molecule has 4 heteroatoms. The highest BCUT2D eigenvalue weighted by Crippen LogP contribution is 2.32. The SMILES string of the molecule is COc1ccc(Sc2ccc(CNC3CC3)c(Cl)c2)cc1. The molecule has 1 N–H and O–H groups in total. The Morgan fingerprint density at radius 3 is 2.48 bits per heavy atom. The quantitative estimate of drug-likeness (QED) is 0.830. The molecule has 0 aromatic heterocycles. The Hall–Kier alpha value is -1.16. The molecule has 2 aromatic rings. The molecular weight excluding hydrogens is 302 g/mol. The van der Waals surface area contributed by atoms with E-state index in [4.69, 9.17) is 16.3 Å². The van der Waals surface area contributed by atoms with Crippen LogP contribution in [0.25, 0.3) is 0 Å². The average Bonchev–Trinajstić information content (AvgIpc) is 3.31. The largest absolute Gasteiger partial charge is 0.497 e. The van der Waals surface area contributed by atoms with E-state index < -0.39 is 0 Å². The lowest BCUT2D eigenvalue weighted by Crippen LogP contribution is -2.15. The normalized spacial score (nSPS) is 14.2. The Kier molecular flexibility index (Phi) is 4.73. The number of methoxy groups -OCH3 is 1. The van der Waals surface area contributed by atoms with Gasteiger partial charge in [0.1, 0.15) is 5.75 Å². The molecule has 0 bridgehead atoms. The number of rotatable bonds is 6. The smallest absolute Gasteiger partial charge is 0.118 e. The van der Waals surface area contributed by atoms with Crippen LogP contribution in [0.3, 0.4) is 0 Å². The van der Waals surface area contributed by atoms with Crippen molar-refractivity contribution in [2.45, 2.75) is 35.2 Å². The number of nitrogens with one attached hydrogen (secondary N) is 1. The van der Waals surface area contributed by atoms with Gasteiger partial charge in [0.2, 0.25) is 0 Å². The summed E-state index contributed by atoms with van der Waals surface area (Å²) in [6, 6.07) is 15.0. The van der Waals surface area contributed by atoms with Crippen LogP contribution in [0.5, 0.6) is 5.75 Å². The summed E-state index contributed by atoms with van der Waals surface area (Å²) in [5, 5.41) is 4.33. The summed E-state index contributed by atoms with van der Waals surface area (Å²) in [5.74, 6) is 0.874. The van der Waals surface area contributed by atoms with Gasteiger partial charge in [-0.25, -0.2) is 0 Å². The van der Waals surface area contributed by atoms with Crippen molar-refractivity contribution < 1.29 is 4.74 Å². The van der Waals surface area contributed by atoms with E-state index in [0.717, 1.165) is 22.2 Å². The molecule has 0 saturated heterocycles. The summed E-state index contributed by atoms with van der Waals surface area (Å²) in [6.45, 7) is 0.858. The lowest BCUT2D eigenvalue weighted by molar-refractivity contribution is 0.414. The van der Waals surface area contributed by atoms with E-state index in [-0.39, 0.29) is 0 Å². The van der Waals surface area contributed by atoms with E-state index in [1.807, 2.05) is 18.2 Å². The third kappa shape index (κ3) is 4.16. The van der Waals surface area contributed by atoms with Crippen LogP contribution in [0.15, 0.2) is 52.3 Å². The van der Waals surface area contributed by atoms with Gasteiger partial charge >= 0.3 is 0 Å². The monoisotopic (exact) mass is 319 g/mol. The average molecular weight is 320 g/mol. The molecular formula is C17H18ClNOS. The molecule has 1 aliphatic rings. The van der Waals surface area contributed by atoms with Gasteiger partial charge in [0.15, 0.2) is 0 Å². The van der Waals surface area contributed by atoms with Crippen molar-refractivity contribution in [1.82, 2.24) is 5.32 Å². The van der Waals surface area contributed by atoms with Crippen LogP contribution in [-0.4, -0.2) is 13.2 Å². The molecule has 3 rings (SSSR count). The first-order chi connectivity index (χ1) is 10.2. The van der Waals surface area contributed by atoms with E-state index in [9.17, 15) is 0 Å². The predicted octanol–water partition coefficient (Wildman–Crippen LogP) is 4.75. The highest BCUT2D eigenvalue weighted by molar-refractivity contribution is 7.99. The number of halogens is 1. The van der Waals surface area contributed by atoms with Crippen LogP contribution in [-0.2, 0) is 6.54 Å². The first-order valence-corrected chi connectivity index (χ1v) is 8.28. The minimum atomic E-state index is 0.703. The molecule has 0 unspecified atom stereocenters. The molecule has 0 atom stereocenters. The van der Waals surface area contributed by atoms with Crippen molar-refractivity contribution in [2.75, 3.05) is 7.11 Å². The van der Waals surface area contributed by atoms with Crippen molar-refractivity contribution in [1.29, 1.82) is 0 Å². The molecule has 110 valence electrons. The fourth-order valence-corrected chi connectivity index (χ4v) is 3.23. The number of benzene rings is 2. The zero-order chi connectivity index (χ0) is 14.7. The molecule has 0 spiro atoms. The second-order valence-corrected chi connectivity index (χ2v) is 6.74. The molecule has 21 heavy (non-hydrogen) atoms. The maximum absolute atomic E-state index is 6.37. The fraction of sp³-hybridized carbons (Fsp3) is 0.294. The van der Waals surface area contributed by atoms with E-state index in [1.54, 1.807) is 18.9 Å². The van der Waals surface area contributed by atoms with Crippen LogP contribution >= 0.6 is 23.4 Å². The van der Waals surface area contributed by atoms with Gasteiger partial charge in [-0.05, 0) is 54.8 Å². The third-order valence-electron chi connectivity index (χ3n) is 3.48. The maximum Gasteiger partial charge on any atom is 0.118 e. The van der Waals surface area contributed by atoms with Gasteiger partial charge in [-0.3, -0.25) is 0 Å². The van der Waals surface area contributed by atoms with Crippen molar-refractivity contribution in [3.05, 3.63) is 53.1 Å². The van der Waals surface area contributed by atoms with Gasteiger partial charge in [0.25, 0.3) is 0 Å². The predicted molar refractivity (Wildman–Crippen MR) is 88.4 cm³/mol. The minimum absolute atomic E-state index is 0.703. The summed E-state index contributed by atoms with van der Waals surface area (Å²) in [5.41, 5.74) is 1.17. The molecule has 0 radical (unpaired) electrons. The Morgan fingerprint density at radius 1 is 1.14 bits per heavy atom. The van der Waals surface area contributed by atoms with Crippen molar-refractivity contribution in [3.63, 3.8) is 0 Å². The second kappa shape index (κ2) is 6.73. The summed E-state index contributed by atoms with van der Waals surface area (Å²) < 4.78 is 5.17. The maximum atomic E-state index is 6.37. The molecule has 1 aliphatic carbocycles. The van der Waals surface area contributed by atoms with E-state index in [1.165, 1.54) is 23.3 Å². The molecule has 0 aliphatic heterocycles. The lowest BCUT2D eigenvalue weighted by Gasteiger charge is -2.08. The van der Waals surface area contributed by atoms with E-state index in [0.29, 0.717) is 6.04 Å². The molecule has 1 fully saturated rings. The molecule has 2 nitrogen and oxygen atoms in total. The third-order valence-corrected chi connectivity index (χ3v) is 4.83.